The molecule has 1 saturated heterocycles. The van der Waals surface area contributed by atoms with Crippen molar-refractivity contribution < 1.29 is 9.32 Å². The monoisotopic (exact) mass is 314 g/mol. The molecule has 122 valence electrons. The fourth-order valence-electron chi connectivity index (χ4n) is 2.99. The molecule has 6 heteroatoms. The van der Waals surface area contributed by atoms with Crippen molar-refractivity contribution in [2.45, 2.75) is 51.5 Å². The summed E-state index contributed by atoms with van der Waals surface area (Å²) in [5.41, 5.74) is 1.03. The van der Waals surface area contributed by atoms with Crippen LogP contribution in [0.1, 0.15) is 56.1 Å². The lowest BCUT2D eigenvalue weighted by atomic mass is 10.1. The van der Waals surface area contributed by atoms with Crippen molar-refractivity contribution in [1.29, 1.82) is 0 Å². The Kier molecular flexibility index (Phi) is 5.00. The van der Waals surface area contributed by atoms with Crippen LogP contribution in [0, 0.1) is 0 Å². The molecule has 1 atom stereocenters. The van der Waals surface area contributed by atoms with Gasteiger partial charge in [-0.3, -0.25) is 9.78 Å². The maximum Gasteiger partial charge on any atom is 0.226 e. The van der Waals surface area contributed by atoms with E-state index in [2.05, 4.69) is 15.1 Å². The third kappa shape index (κ3) is 3.75. The minimum absolute atomic E-state index is 0.0265. The number of hydrogen-bond donors (Lipinski definition) is 0. The molecule has 0 aromatic carbocycles. The molecule has 23 heavy (non-hydrogen) atoms. The second-order valence-electron chi connectivity index (χ2n) is 5.82. The van der Waals surface area contributed by atoms with Gasteiger partial charge in [0.15, 0.2) is 5.82 Å². The van der Waals surface area contributed by atoms with Crippen LogP contribution >= 0.6 is 0 Å². The lowest BCUT2D eigenvalue weighted by Gasteiger charge is -2.22. The predicted molar refractivity (Wildman–Crippen MR) is 84.5 cm³/mol. The zero-order valence-electron chi connectivity index (χ0n) is 13.4. The average molecular weight is 314 g/mol. The standard InChI is InChI=1S/C17H22N4O2/c1-2-15-19-17(20-23-15)14-9-6-12-21(14)16(22)10-5-8-13-7-3-4-11-18-13/h3-4,7,11,14H,2,5-6,8-10,12H2,1H3/t14-/m0/s1. The van der Waals surface area contributed by atoms with Crippen molar-refractivity contribution in [3.05, 3.63) is 41.8 Å². The summed E-state index contributed by atoms with van der Waals surface area (Å²) in [6.45, 7) is 2.76. The number of carbonyl (C=O) groups excluding carboxylic acids is 1. The highest BCUT2D eigenvalue weighted by Gasteiger charge is 2.32. The molecule has 1 fully saturated rings. The average Bonchev–Trinajstić information content (AvgIpc) is 3.24. The van der Waals surface area contributed by atoms with Crippen LogP contribution in [0.15, 0.2) is 28.9 Å². The molecule has 6 nitrogen and oxygen atoms in total. The first kappa shape index (κ1) is 15.6. The smallest absolute Gasteiger partial charge is 0.226 e. The van der Waals surface area contributed by atoms with Crippen LogP contribution in [-0.4, -0.2) is 32.5 Å². The van der Waals surface area contributed by atoms with E-state index in [1.165, 1.54) is 0 Å². The molecule has 0 unspecified atom stereocenters. The molecular weight excluding hydrogens is 292 g/mol. The van der Waals surface area contributed by atoms with Gasteiger partial charge < -0.3 is 9.42 Å². The SMILES string of the molecule is CCc1nc([C@@H]2CCCN2C(=O)CCCc2ccccn2)no1. The molecule has 0 N–H and O–H groups in total. The highest BCUT2D eigenvalue weighted by molar-refractivity contribution is 5.76. The summed E-state index contributed by atoms with van der Waals surface area (Å²) in [6, 6.07) is 5.84. The summed E-state index contributed by atoms with van der Waals surface area (Å²) in [5, 5.41) is 4.04. The number of rotatable bonds is 6. The second-order valence-corrected chi connectivity index (χ2v) is 5.82. The first-order valence-corrected chi connectivity index (χ1v) is 8.29. The summed E-state index contributed by atoms with van der Waals surface area (Å²) in [4.78, 5) is 23.1. The Morgan fingerprint density at radius 2 is 2.35 bits per heavy atom. The first-order valence-electron chi connectivity index (χ1n) is 8.29. The van der Waals surface area contributed by atoms with E-state index in [9.17, 15) is 4.79 Å². The van der Waals surface area contributed by atoms with Gasteiger partial charge in [-0.25, -0.2) is 0 Å². The molecule has 0 radical (unpaired) electrons. The van der Waals surface area contributed by atoms with E-state index in [-0.39, 0.29) is 11.9 Å². The van der Waals surface area contributed by atoms with Crippen LogP contribution in [0.2, 0.25) is 0 Å². The summed E-state index contributed by atoms with van der Waals surface area (Å²) >= 11 is 0. The number of aryl methyl sites for hydroxylation is 2. The number of aromatic nitrogens is 3. The van der Waals surface area contributed by atoms with E-state index >= 15 is 0 Å². The molecule has 3 rings (SSSR count). The van der Waals surface area contributed by atoms with E-state index in [0.717, 1.165) is 44.3 Å². The van der Waals surface area contributed by atoms with E-state index < -0.39 is 0 Å². The van der Waals surface area contributed by atoms with Crippen molar-refractivity contribution in [1.82, 2.24) is 20.0 Å². The van der Waals surface area contributed by atoms with Gasteiger partial charge >= 0.3 is 0 Å². The molecule has 0 bridgehead atoms. The lowest BCUT2D eigenvalue weighted by molar-refractivity contribution is -0.132. The largest absolute Gasteiger partial charge is 0.339 e. The predicted octanol–water partition coefficient (Wildman–Crippen LogP) is 2.71. The summed E-state index contributed by atoms with van der Waals surface area (Å²) in [6.07, 6.45) is 6.58. The summed E-state index contributed by atoms with van der Waals surface area (Å²) in [5.74, 6) is 1.46. The number of pyridine rings is 1. The topological polar surface area (TPSA) is 72.1 Å². The minimum atomic E-state index is -0.0265. The van der Waals surface area contributed by atoms with Crippen molar-refractivity contribution in [2.75, 3.05) is 6.54 Å². The van der Waals surface area contributed by atoms with Crippen molar-refractivity contribution in [2.24, 2.45) is 0 Å². The van der Waals surface area contributed by atoms with E-state index in [1.54, 1.807) is 6.20 Å². The number of nitrogens with zero attached hydrogens (tertiary/aromatic N) is 4. The molecule has 1 aliphatic rings. The highest BCUT2D eigenvalue weighted by Crippen LogP contribution is 2.30. The fourth-order valence-corrected chi connectivity index (χ4v) is 2.99. The van der Waals surface area contributed by atoms with Crippen LogP contribution < -0.4 is 0 Å². The Balaban J connectivity index is 1.55. The van der Waals surface area contributed by atoms with Crippen LogP contribution in [0.5, 0.6) is 0 Å². The fraction of sp³-hybridized carbons (Fsp3) is 0.529. The minimum Gasteiger partial charge on any atom is -0.339 e. The van der Waals surface area contributed by atoms with Gasteiger partial charge in [0.2, 0.25) is 11.8 Å². The van der Waals surface area contributed by atoms with Gasteiger partial charge in [-0.2, -0.15) is 4.98 Å². The molecule has 2 aromatic heterocycles. The van der Waals surface area contributed by atoms with Crippen LogP contribution in [0.3, 0.4) is 0 Å². The van der Waals surface area contributed by atoms with Gasteiger partial charge in [-0.15, -0.1) is 0 Å². The first-order chi connectivity index (χ1) is 11.3. The van der Waals surface area contributed by atoms with Crippen LogP contribution in [-0.2, 0) is 17.6 Å². The molecule has 1 amide bonds. The van der Waals surface area contributed by atoms with E-state index in [4.69, 9.17) is 4.52 Å². The molecular formula is C17H22N4O2. The number of likely N-dealkylation sites (tertiary alicyclic amines) is 1. The normalized spacial score (nSPS) is 17.6. The van der Waals surface area contributed by atoms with Crippen molar-refractivity contribution in [3.8, 4) is 0 Å². The van der Waals surface area contributed by atoms with Gasteiger partial charge in [0.05, 0.1) is 6.04 Å². The van der Waals surface area contributed by atoms with Gasteiger partial charge in [0.25, 0.3) is 0 Å². The number of hydrogen-bond acceptors (Lipinski definition) is 5. The Labute approximate surface area is 135 Å². The Morgan fingerprint density at radius 1 is 1.43 bits per heavy atom. The Hall–Kier alpha value is -2.24. The molecule has 0 spiro atoms. The quantitative estimate of drug-likeness (QED) is 0.819. The van der Waals surface area contributed by atoms with Gasteiger partial charge in [-0.05, 0) is 37.8 Å². The molecule has 0 saturated carbocycles. The number of amides is 1. The summed E-state index contributed by atoms with van der Waals surface area (Å²) in [7, 11) is 0. The zero-order valence-corrected chi connectivity index (χ0v) is 13.4. The maximum atomic E-state index is 12.5. The molecule has 0 aliphatic carbocycles. The van der Waals surface area contributed by atoms with Crippen LogP contribution in [0.25, 0.3) is 0 Å². The second kappa shape index (κ2) is 7.35. The highest BCUT2D eigenvalue weighted by atomic mass is 16.5. The maximum absolute atomic E-state index is 12.5. The Morgan fingerprint density at radius 3 is 3.09 bits per heavy atom. The lowest BCUT2D eigenvalue weighted by Crippen LogP contribution is -2.31. The van der Waals surface area contributed by atoms with Gasteiger partial charge in [0, 0.05) is 31.3 Å². The van der Waals surface area contributed by atoms with Crippen LogP contribution in [0.4, 0.5) is 0 Å². The van der Waals surface area contributed by atoms with Crippen molar-refractivity contribution >= 4 is 5.91 Å². The van der Waals surface area contributed by atoms with Gasteiger partial charge in [0.1, 0.15) is 0 Å². The molecule has 2 aromatic rings. The number of carbonyl (C=O) groups is 1. The zero-order chi connectivity index (χ0) is 16.1. The van der Waals surface area contributed by atoms with Crippen molar-refractivity contribution in [3.63, 3.8) is 0 Å². The molecule has 1 aliphatic heterocycles. The van der Waals surface area contributed by atoms with Gasteiger partial charge in [-0.1, -0.05) is 18.1 Å². The van der Waals surface area contributed by atoms with E-state index in [0.29, 0.717) is 18.1 Å². The summed E-state index contributed by atoms with van der Waals surface area (Å²) < 4.78 is 5.19. The third-order valence-electron chi connectivity index (χ3n) is 4.21. The van der Waals surface area contributed by atoms with E-state index in [1.807, 2.05) is 30.0 Å². The Bertz CT molecular complexity index is 641. The third-order valence-corrected chi connectivity index (χ3v) is 4.21. The molecule has 3 heterocycles.